The van der Waals surface area contributed by atoms with Gasteiger partial charge in [-0.05, 0) is 12.1 Å². The van der Waals surface area contributed by atoms with Crippen LogP contribution in [0.1, 0.15) is 0 Å². The van der Waals surface area contributed by atoms with Gasteiger partial charge < -0.3 is 10.7 Å². The maximum atomic E-state index is 5.90. The molecule has 84 valence electrons. The number of anilines is 1. The Hall–Kier alpha value is -2.08. The van der Waals surface area contributed by atoms with Crippen LogP contribution in [-0.2, 0) is 0 Å². The van der Waals surface area contributed by atoms with Crippen molar-refractivity contribution in [3.05, 3.63) is 36.9 Å². The highest BCUT2D eigenvalue weighted by Crippen LogP contribution is 2.32. The molecule has 3 N–H and O–H groups in total. The van der Waals surface area contributed by atoms with Gasteiger partial charge in [-0.3, -0.25) is 0 Å². The first-order chi connectivity index (χ1) is 8.34. The Bertz CT molecular complexity index is 664. The Labute approximate surface area is 102 Å². The molecule has 3 rings (SSSR count). The predicted octanol–water partition coefficient (Wildman–Crippen LogP) is 2.09. The van der Waals surface area contributed by atoms with Crippen LogP contribution in [-0.4, -0.2) is 19.9 Å². The zero-order valence-corrected chi connectivity index (χ0v) is 9.61. The smallest absolute Gasteiger partial charge is 0.181 e. The van der Waals surface area contributed by atoms with Crippen molar-refractivity contribution in [2.75, 3.05) is 5.73 Å². The molecule has 0 unspecified atom stereocenters. The van der Waals surface area contributed by atoms with Gasteiger partial charge in [-0.15, -0.1) is 0 Å². The summed E-state index contributed by atoms with van der Waals surface area (Å²) in [6, 6.07) is 7.69. The van der Waals surface area contributed by atoms with Gasteiger partial charge in [-0.1, -0.05) is 23.9 Å². The largest absolute Gasteiger partial charge is 0.398 e. The number of para-hydroxylation sites is 1. The third kappa shape index (κ3) is 1.83. The first kappa shape index (κ1) is 10.1. The number of rotatable bonds is 2. The van der Waals surface area contributed by atoms with Crippen molar-refractivity contribution < 1.29 is 0 Å². The van der Waals surface area contributed by atoms with E-state index in [-0.39, 0.29) is 0 Å². The topological polar surface area (TPSA) is 80.5 Å². The molecule has 0 radical (unpaired) electrons. The van der Waals surface area contributed by atoms with E-state index >= 15 is 0 Å². The van der Waals surface area contributed by atoms with Gasteiger partial charge in [0.15, 0.2) is 5.65 Å². The molecular weight excluding hydrogens is 234 g/mol. The minimum atomic E-state index is 0.664. The van der Waals surface area contributed by atoms with Gasteiger partial charge >= 0.3 is 0 Å². The average Bonchev–Trinajstić information content (AvgIpc) is 2.81. The Morgan fingerprint density at radius 2 is 2.00 bits per heavy atom. The molecule has 0 aliphatic heterocycles. The molecule has 17 heavy (non-hydrogen) atoms. The third-order valence-electron chi connectivity index (χ3n) is 2.31. The number of fused-ring (bicyclic) bond motifs is 1. The molecule has 1 aromatic carbocycles. The molecule has 0 aliphatic carbocycles. The molecule has 2 aromatic heterocycles. The molecule has 0 saturated heterocycles. The van der Waals surface area contributed by atoms with Gasteiger partial charge in [0.25, 0.3) is 0 Å². The first-order valence-electron chi connectivity index (χ1n) is 5.01. The fourth-order valence-electron chi connectivity index (χ4n) is 1.50. The highest BCUT2D eigenvalue weighted by molar-refractivity contribution is 7.99. The van der Waals surface area contributed by atoms with Crippen molar-refractivity contribution >= 4 is 28.6 Å². The van der Waals surface area contributed by atoms with E-state index in [1.165, 1.54) is 18.1 Å². The molecule has 0 amide bonds. The minimum absolute atomic E-state index is 0.664. The number of nitrogen functional groups attached to an aromatic ring is 1. The van der Waals surface area contributed by atoms with E-state index in [2.05, 4.69) is 19.9 Å². The van der Waals surface area contributed by atoms with Crippen LogP contribution in [0.4, 0.5) is 5.69 Å². The van der Waals surface area contributed by atoms with Gasteiger partial charge in [0, 0.05) is 10.6 Å². The maximum Gasteiger partial charge on any atom is 0.181 e. The van der Waals surface area contributed by atoms with Crippen molar-refractivity contribution in [1.82, 2.24) is 19.9 Å². The molecule has 5 nitrogen and oxygen atoms in total. The van der Waals surface area contributed by atoms with Crippen LogP contribution in [0, 0.1) is 0 Å². The van der Waals surface area contributed by atoms with Crippen molar-refractivity contribution in [3.63, 3.8) is 0 Å². The normalized spacial score (nSPS) is 10.8. The van der Waals surface area contributed by atoms with Crippen molar-refractivity contribution in [1.29, 1.82) is 0 Å². The lowest BCUT2D eigenvalue weighted by Gasteiger charge is -2.04. The second-order valence-electron chi connectivity index (χ2n) is 3.42. The first-order valence-corrected chi connectivity index (χ1v) is 5.82. The summed E-state index contributed by atoms with van der Waals surface area (Å²) in [4.78, 5) is 16.4. The summed E-state index contributed by atoms with van der Waals surface area (Å²) < 4.78 is 0. The monoisotopic (exact) mass is 243 g/mol. The quantitative estimate of drug-likeness (QED) is 0.532. The Morgan fingerprint density at radius 1 is 1.12 bits per heavy atom. The molecule has 2 heterocycles. The Kier molecular flexibility index (Phi) is 2.41. The number of nitrogens with zero attached hydrogens (tertiary/aromatic N) is 3. The number of hydrogen-bond donors (Lipinski definition) is 2. The molecule has 0 spiro atoms. The second-order valence-corrected chi connectivity index (χ2v) is 4.45. The number of H-pyrrole nitrogens is 1. The number of benzene rings is 1. The molecule has 0 fully saturated rings. The van der Waals surface area contributed by atoms with Gasteiger partial charge in [-0.2, -0.15) is 0 Å². The highest BCUT2D eigenvalue weighted by atomic mass is 32.2. The number of hydrogen-bond acceptors (Lipinski definition) is 5. The predicted molar refractivity (Wildman–Crippen MR) is 66.7 cm³/mol. The molecule has 3 aromatic rings. The Morgan fingerprint density at radius 3 is 2.88 bits per heavy atom. The van der Waals surface area contributed by atoms with E-state index < -0.39 is 0 Å². The van der Waals surface area contributed by atoms with Crippen LogP contribution in [0.5, 0.6) is 0 Å². The number of nitrogens with one attached hydrogen (secondary N) is 1. The van der Waals surface area contributed by atoms with E-state index in [0.717, 1.165) is 21.1 Å². The van der Waals surface area contributed by atoms with E-state index in [0.29, 0.717) is 5.65 Å². The van der Waals surface area contributed by atoms with Crippen molar-refractivity contribution in [2.45, 2.75) is 9.92 Å². The number of imidazole rings is 1. The van der Waals surface area contributed by atoms with Gasteiger partial charge in [0.2, 0.25) is 0 Å². The summed E-state index contributed by atoms with van der Waals surface area (Å²) in [6.45, 7) is 0. The summed E-state index contributed by atoms with van der Waals surface area (Å²) in [5, 5.41) is 0.824. The van der Waals surface area contributed by atoms with Crippen molar-refractivity contribution in [3.8, 4) is 0 Å². The van der Waals surface area contributed by atoms with Crippen LogP contribution in [0.25, 0.3) is 11.2 Å². The molecule has 0 bridgehead atoms. The number of aromatic amines is 1. The minimum Gasteiger partial charge on any atom is -0.398 e. The summed E-state index contributed by atoms with van der Waals surface area (Å²) in [5.74, 6) is 0. The van der Waals surface area contributed by atoms with Gasteiger partial charge in [0.05, 0.1) is 6.33 Å². The standard InChI is InChI=1S/C11H9N5S/c12-7-3-1-2-4-8(7)17-11-9-10(14-5-13-9)15-6-16-11/h1-6H,12H2,(H,13,14,15,16). The van der Waals surface area contributed by atoms with Crippen LogP contribution in [0.2, 0.25) is 0 Å². The molecule has 0 aliphatic rings. The lowest BCUT2D eigenvalue weighted by Crippen LogP contribution is -1.90. The molecular formula is C11H9N5S. The van der Waals surface area contributed by atoms with E-state index in [1.807, 2.05) is 24.3 Å². The molecule has 0 atom stereocenters. The fourth-order valence-corrected chi connectivity index (χ4v) is 2.39. The summed E-state index contributed by atoms with van der Waals surface area (Å²) in [7, 11) is 0. The summed E-state index contributed by atoms with van der Waals surface area (Å²) in [5.41, 5.74) is 8.14. The molecule has 0 saturated carbocycles. The maximum absolute atomic E-state index is 5.90. The van der Waals surface area contributed by atoms with Crippen LogP contribution < -0.4 is 5.73 Å². The highest BCUT2D eigenvalue weighted by Gasteiger charge is 2.08. The average molecular weight is 243 g/mol. The van der Waals surface area contributed by atoms with E-state index in [4.69, 9.17) is 5.73 Å². The zero-order valence-electron chi connectivity index (χ0n) is 8.79. The van der Waals surface area contributed by atoms with Crippen LogP contribution >= 0.6 is 11.8 Å². The fraction of sp³-hybridized carbons (Fsp3) is 0. The van der Waals surface area contributed by atoms with Crippen molar-refractivity contribution in [2.24, 2.45) is 0 Å². The second kappa shape index (κ2) is 4.06. The van der Waals surface area contributed by atoms with Crippen LogP contribution in [0.15, 0.2) is 46.8 Å². The number of aromatic nitrogens is 4. The summed E-state index contributed by atoms with van der Waals surface area (Å²) >= 11 is 1.50. The summed E-state index contributed by atoms with van der Waals surface area (Å²) in [6.07, 6.45) is 3.11. The van der Waals surface area contributed by atoms with Gasteiger partial charge in [-0.25, -0.2) is 15.0 Å². The SMILES string of the molecule is Nc1ccccc1Sc1ncnc2nc[nH]c12. The lowest BCUT2D eigenvalue weighted by atomic mass is 10.3. The molecule has 6 heteroatoms. The number of nitrogens with two attached hydrogens (primary N) is 1. The Balaban J connectivity index is 2.06. The van der Waals surface area contributed by atoms with E-state index in [9.17, 15) is 0 Å². The third-order valence-corrected chi connectivity index (χ3v) is 3.41. The van der Waals surface area contributed by atoms with E-state index in [1.54, 1.807) is 6.33 Å². The van der Waals surface area contributed by atoms with Gasteiger partial charge in [0.1, 0.15) is 16.9 Å². The zero-order chi connectivity index (χ0) is 11.7. The van der Waals surface area contributed by atoms with Crippen LogP contribution in [0.3, 0.4) is 0 Å². The lowest BCUT2D eigenvalue weighted by molar-refractivity contribution is 1.08.